The number of carbonyl (C=O) groups is 1. The van der Waals surface area contributed by atoms with Crippen LogP contribution in [-0.4, -0.2) is 42.2 Å². The van der Waals surface area contributed by atoms with Crippen LogP contribution < -0.4 is 10.2 Å². The van der Waals surface area contributed by atoms with E-state index in [-0.39, 0.29) is 18.9 Å². The number of amidine groups is 1. The first-order chi connectivity index (χ1) is 18.8. The molecule has 2 aromatic carbocycles. The van der Waals surface area contributed by atoms with Gasteiger partial charge in [0.2, 0.25) is 0 Å². The van der Waals surface area contributed by atoms with E-state index in [0.717, 1.165) is 55.6 Å². The van der Waals surface area contributed by atoms with Gasteiger partial charge in [0.15, 0.2) is 5.76 Å². The zero-order valence-corrected chi connectivity index (χ0v) is 22.6. The molecule has 1 saturated carbocycles. The van der Waals surface area contributed by atoms with E-state index >= 15 is 0 Å². The van der Waals surface area contributed by atoms with E-state index < -0.39 is 6.09 Å². The third-order valence-corrected chi connectivity index (χ3v) is 8.00. The van der Waals surface area contributed by atoms with Gasteiger partial charge in [0.25, 0.3) is 0 Å². The molecule has 1 amide bonds. The van der Waals surface area contributed by atoms with E-state index in [9.17, 15) is 4.79 Å². The number of nitrogens with zero attached hydrogens (tertiary/aromatic N) is 4. The number of carbonyl (C=O) groups excluding carboxylic acids is 1. The van der Waals surface area contributed by atoms with Crippen LogP contribution in [0.1, 0.15) is 68.6 Å². The van der Waals surface area contributed by atoms with E-state index in [2.05, 4.69) is 44.9 Å². The van der Waals surface area contributed by atoms with Crippen LogP contribution in [0.15, 0.2) is 64.3 Å². The number of amides is 1. The number of anilines is 2. The van der Waals surface area contributed by atoms with Crippen molar-refractivity contribution in [2.45, 2.75) is 57.0 Å². The van der Waals surface area contributed by atoms with Gasteiger partial charge < -0.3 is 14.2 Å². The molecule has 10 heteroatoms. The zero-order chi connectivity index (χ0) is 27.6. The number of hydrogen-bond acceptors (Lipinski definition) is 8. The summed E-state index contributed by atoms with van der Waals surface area (Å²) in [6.45, 7) is 5.36. The number of hydrogen-bond donors (Lipinski definition) is 3. The number of nitrogens with one attached hydrogen (secondary N) is 3. The number of aryl methyl sites for hydroxylation is 1. The van der Waals surface area contributed by atoms with E-state index in [1.165, 1.54) is 5.01 Å². The second kappa shape index (κ2) is 10.9. The normalized spacial score (nSPS) is 17.3. The summed E-state index contributed by atoms with van der Waals surface area (Å²) in [5.41, 5.74) is 11.3. The summed E-state index contributed by atoms with van der Waals surface area (Å²) in [6, 6.07) is 18.1. The molecule has 2 heterocycles. The van der Waals surface area contributed by atoms with Crippen LogP contribution in [0.3, 0.4) is 0 Å². The lowest BCUT2D eigenvalue weighted by Crippen LogP contribution is -2.33. The standard InChI is InChI=1S/C29H35N7O3.H2/c1-19-25(32-28(37)38-20(2)21-7-5-4-6-8-21)26(39-33-19)22-13-17-36(18-14-22)24-11-9-23(10-12-24)29(15-16-29)27(30)35(3)34-31;/h4-12,20,22,30-31H,13-18H2,1-3H3,(H,32,37);1H/t20-;/m1./s1. The highest BCUT2D eigenvalue weighted by atomic mass is 16.6. The first-order valence-corrected chi connectivity index (χ1v) is 13.4. The third kappa shape index (κ3) is 5.36. The molecule has 1 aliphatic heterocycles. The summed E-state index contributed by atoms with van der Waals surface area (Å²) in [5, 5.41) is 20.2. The molecular formula is C29H37N7O3. The molecule has 0 unspecified atom stereocenters. The second-order valence-electron chi connectivity index (χ2n) is 10.5. The van der Waals surface area contributed by atoms with Crippen LogP contribution in [-0.2, 0) is 10.2 Å². The summed E-state index contributed by atoms with van der Waals surface area (Å²) >= 11 is 0. The van der Waals surface area contributed by atoms with Crippen molar-refractivity contribution in [1.82, 2.24) is 10.2 Å². The Balaban J connectivity index is 0.00000370. The Kier molecular flexibility index (Phi) is 7.36. The van der Waals surface area contributed by atoms with Crippen molar-refractivity contribution in [2.24, 2.45) is 5.22 Å². The predicted octanol–water partition coefficient (Wildman–Crippen LogP) is 6.81. The Labute approximate surface area is 229 Å². The van der Waals surface area contributed by atoms with Crippen molar-refractivity contribution < 1.29 is 15.5 Å². The van der Waals surface area contributed by atoms with Crippen LogP contribution in [0.2, 0.25) is 0 Å². The highest BCUT2D eigenvalue weighted by Crippen LogP contribution is 2.50. The smallest absolute Gasteiger partial charge is 0.412 e. The lowest BCUT2D eigenvalue weighted by Gasteiger charge is -2.33. The van der Waals surface area contributed by atoms with Crippen LogP contribution in [0.4, 0.5) is 16.2 Å². The number of rotatable bonds is 8. The molecular weight excluding hydrogens is 494 g/mol. The summed E-state index contributed by atoms with van der Waals surface area (Å²) < 4.78 is 11.3. The van der Waals surface area contributed by atoms with Gasteiger partial charge in [-0.2, -0.15) is 5.53 Å². The van der Waals surface area contributed by atoms with Crippen molar-refractivity contribution in [2.75, 3.05) is 30.4 Å². The van der Waals surface area contributed by atoms with Crippen molar-refractivity contribution in [3.63, 3.8) is 0 Å². The molecule has 1 aromatic heterocycles. The summed E-state index contributed by atoms with van der Waals surface area (Å²) in [7, 11) is 1.65. The molecule has 39 heavy (non-hydrogen) atoms. The highest BCUT2D eigenvalue weighted by molar-refractivity contribution is 5.93. The fourth-order valence-corrected chi connectivity index (χ4v) is 5.44. The minimum atomic E-state index is -0.527. The minimum absolute atomic E-state index is 0. The van der Waals surface area contributed by atoms with Gasteiger partial charge in [-0.25, -0.2) is 9.80 Å². The molecule has 0 spiro atoms. The summed E-state index contributed by atoms with van der Waals surface area (Å²) in [6.07, 6.45) is 2.64. The van der Waals surface area contributed by atoms with Crippen molar-refractivity contribution in [3.8, 4) is 0 Å². The molecule has 0 radical (unpaired) electrons. The maximum absolute atomic E-state index is 12.7. The average molecular weight is 532 g/mol. The Morgan fingerprint density at radius 3 is 2.49 bits per heavy atom. The zero-order valence-electron chi connectivity index (χ0n) is 22.6. The van der Waals surface area contributed by atoms with Gasteiger partial charge in [0.05, 0.1) is 5.41 Å². The first kappa shape index (κ1) is 26.4. The van der Waals surface area contributed by atoms with E-state index in [1.807, 2.05) is 44.2 Å². The summed E-state index contributed by atoms with van der Waals surface area (Å²) in [5.74, 6) is 1.21. The molecule has 0 bridgehead atoms. The number of likely N-dealkylation sites (N-methyl/N-ethyl adjacent to an activating group) is 1. The molecule has 3 N–H and O–H groups in total. The molecule has 2 fully saturated rings. The van der Waals surface area contributed by atoms with Crippen molar-refractivity contribution in [1.29, 1.82) is 10.9 Å². The van der Waals surface area contributed by atoms with Crippen LogP contribution >= 0.6 is 0 Å². The highest BCUT2D eigenvalue weighted by Gasteiger charge is 2.50. The van der Waals surface area contributed by atoms with Gasteiger partial charge in [0, 0.05) is 33.2 Å². The Morgan fingerprint density at radius 1 is 1.21 bits per heavy atom. The van der Waals surface area contributed by atoms with Crippen LogP contribution in [0, 0.1) is 17.9 Å². The van der Waals surface area contributed by atoms with Gasteiger partial charge in [-0.1, -0.05) is 52.8 Å². The minimum Gasteiger partial charge on any atom is -0.441 e. The van der Waals surface area contributed by atoms with Crippen LogP contribution in [0.5, 0.6) is 0 Å². The fraction of sp³-hybridized carbons (Fsp3) is 0.414. The van der Waals surface area contributed by atoms with Gasteiger partial charge in [-0.05, 0) is 62.8 Å². The Hall–Kier alpha value is -4.21. The number of ether oxygens (including phenoxy) is 1. The maximum Gasteiger partial charge on any atom is 0.412 e. The first-order valence-electron chi connectivity index (χ1n) is 13.4. The fourth-order valence-electron chi connectivity index (χ4n) is 5.44. The quantitative estimate of drug-likeness (QED) is 0.127. The van der Waals surface area contributed by atoms with E-state index in [1.54, 1.807) is 7.05 Å². The second-order valence-corrected chi connectivity index (χ2v) is 10.5. The van der Waals surface area contributed by atoms with E-state index in [0.29, 0.717) is 23.0 Å². The van der Waals surface area contributed by atoms with Gasteiger partial charge in [-0.3, -0.25) is 10.7 Å². The Morgan fingerprint density at radius 2 is 1.87 bits per heavy atom. The van der Waals surface area contributed by atoms with Crippen LogP contribution in [0.25, 0.3) is 0 Å². The Bertz CT molecular complexity index is 1330. The summed E-state index contributed by atoms with van der Waals surface area (Å²) in [4.78, 5) is 15.0. The molecule has 1 atom stereocenters. The molecule has 1 saturated heterocycles. The topological polar surface area (TPSA) is 131 Å². The molecule has 3 aromatic rings. The van der Waals surface area contributed by atoms with Crippen molar-refractivity contribution >= 4 is 23.3 Å². The van der Waals surface area contributed by atoms with Gasteiger partial charge >= 0.3 is 6.09 Å². The van der Waals surface area contributed by atoms with Gasteiger partial charge in [-0.15, -0.1) is 0 Å². The molecule has 1 aliphatic carbocycles. The lowest BCUT2D eigenvalue weighted by molar-refractivity contribution is 0.121. The number of benzene rings is 2. The van der Waals surface area contributed by atoms with E-state index in [4.69, 9.17) is 20.2 Å². The average Bonchev–Trinajstić information content (AvgIpc) is 3.71. The molecule has 5 rings (SSSR count). The predicted molar refractivity (Wildman–Crippen MR) is 150 cm³/mol. The molecule has 206 valence electrons. The SMILES string of the molecule is Cc1noc(C2CCN(c3ccc(C4(C(=N)N(C)N=N)CC4)cc3)CC2)c1NC(=O)O[C@H](C)c1ccccc1.[HH]. The number of piperidine rings is 1. The third-order valence-electron chi connectivity index (χ3n) is 8.00. The monoisotopic (exact) mass is 531 g/mol. The lowest BCUT2D eigenvalue weighted by atomic mass is 9.91. The molecule has 2 aliphatic rings. The number of aromatic nitrogens is 1. The largest absolute Gasteiger partial charge is 0.441 e. The molecule has 10 nitrogen and oxygen atoms in total. The van der Waals surface area contributed by atoms with Gasteiger partial charge in [0.1, 0.15) is 23.3 Å². The van der Waals surface area contributed by atoms with Crippen molar-refractivity contribution in [3.05, 3.63) is 77.2 Å². The maximum atomic E-state index is 12.7.